The van der Waals surface area contributed by atoms with Gasteiger partial charge in [0.1, 0.15) is 17.0 Å². The van der Waals surface area contributed by atoms with Crippen molar-refractivity contribution in [2.24, 2.45) is 0 Å². The van der Waals surface area contributed by atoms with E-state index in [1.807, 2.05) is 18.2 Å². The maximum Gasteiger partial charge on any atom is 0.417 e. The summed E-state index contributed by atoms with van der Waals surface area (Å²) in [7, 11) is 3.04. The zero-order valence-electron chi connectivity index (χ0n) is 23.1. The van der Waals surface area contributed by atoms with Crippen molar-refractivity contribution in [3.05, 3.63) is 70.6 Å². The Kier molecular flexibility index (Phi) is 9.09. The highest BCUT2D eigenvalue weighted by molar-refractivity contribution is 6.41. The Bertz CT molecular complexity index is 1510. The minimum atomic E-state index is -0.658. The van der Waals surface area contributed by atoms with E-state index in [0.717, 1.165) is 45.0 Å². The molecule has 0 bridgehead atoms. The van der Waals surface area contributed by atoms with Gasteiger partial charge in [-0.15, -0.1) is 0 Å². The Morgan fingerprint density at radius 2 is 1.63 bits per heavy atom. The van der Waals surface area contributed by atoms with E-state index >= 15 is 0 Å². The van der Waals surface area contributed by atoms with Gasteiger partial charge in [-0.25, -0.2) is 4.79 Å². The van der Waals surface area contributed by atoms with E-state index in [9.17, 15) is 4.79 Å². The summed E-state index contributed by atoms with van der Waals surface area (Å²) < 4.78 is 16.5. The van der Waals surface area contributed by atoms with Crippen LogP contribution in [0.1, 0.15) is 12.6 Å². The lowest BCUT2D eigenvalue weighted by Gasteiger charge is -2.33. The van der Waals surface area contributed by atoms with Crippen LogP contribution in [0.25, 0.3) is 22.0 Å². The van der Waals surface area contributed by atoms with Crippen molar-refractivity contribution in [1.82, 2.24) is 19.8 Å². The summed E-state index contributed by atoms with van der Waals surface area (Å²) in [5.41, 5.74) is 3.16. The lowest BCUT2D eigenvalue weighted by molar-refractivity contribution is 0.131. The Labute approximate surface area is 248 Å². The van der Waals surface area contributed by atoms with Crippen molar-refractivity contribution in [3.63, 3.8) is 0 Å². The third-order valence-corrected chi connectivity index (χ3v) is 7.90. The van der Waals surface area contributed by atoms with Crippen molar-refractivity contribution in [1.29, 1.82) is 0 Å². The standard InChI is InChI=1S/C30H31Cl2N5O4/c1-4-36-12-14-37(15-13-36)18-20-8-7-19(17-34-20)35-30(38)41-23-10-9-21(22-6-5-11-33-29(22)23)26-27(31)24(39-2)16-25(40-3)28(26)32/h5-11,16-17H,4,12-15,18H2,1-3H3,(H,35,38). The van der Waals surface area contributed by atoms with Crippen molar-refractivity contribution >= 4 is 45.9 Å². The number of halogens is 2. The number of nitrogens with zero attached hydrogens (tertiary/aromatic N) is 4. The van der Waals surface area contributed by atoms with Crippen molar-refractivity contribution in [2.45, 2.75) is 13.5 Å². The molecule has 1 fully saturated rings. The highest BCUT2D eigenvalue weighted by atomic mass is 35.5. The third kappa shape index (κ3) is 6.33. The van der Waals surface area contributed by atoms with Gasteiger partial charge in [-0.05, 0) is 42.4 Å². The average Bonchev–Trinajstić information content (AvgIpc) is 2.99. The number of carbonyl (C=O) groups is 1. The summed E-state index contributed by atoms with van der Waals surface area (Å²) in [6, 6.07) is 12.4. The summed E-state index contributed by atoms with van der Waals surface area (Å²) in [4.78, 5) is 26.7. The summed E-state index contributed by atoms with van der Waals surface area (Å²) in [6.45, 7) is 8.23. The van der Waals surface area contributed by atoms with Crippen LogP contribution in [0.4, 0.5) is 10.5 Å². The number of pyridine rings is 2. The van der Waals surface area contributed by atoms with Gasteiger partial charge in [-0.3, -0.25) is 20.2 Å². The maximum absolute atomic E-state index is 12.8. The second-order valence-corrected chi connectivity index (χ2v) is 10.3. The van der Waals surface area contributed by atoms with Gasteiger partial charge < -0.3 is 19.1 Å². The van der Waals surface area contributed by atoms with Gasteiger partial charge >= 0.3 is 6.09 Å². The molecule has 214 valence electrons. The SMILES string of the molecule is CCN1CCN(Cc2ccc(NC(=O)Oc3ccc(-c4c(Cl)c(OC)cc(OC)c4Cl)c4cccnc34)cn2)CC1. The number of amides is 1. The zero-order chi connectivity index (χ0) is 28.9. The van der Waals surface area contributed by atoms with Gasteiger partial charge in [-0.2, -0.15) is 0 Å². The largest absolute Gasteiger partial charge is 0.495 e. The molecule has 1 aliphatic heterocycles. The molecule has 2 aromatic heterocycles. The van der Waals surface area contributed by atoms with E-state index in [4.69, 9.17) is 37.4 Å². The number of carbonyl (C=O) groups excluding carboxylic acids is 1. The first-order valence-electron chi connectivity index (χ1n) is 13.3. The molecule has 1 aliphatic rings. The number of anilines is 1. The molecular formula is C30H31Cl2N5O4. The second-order valence-electron chi connectivity index (χ2n) is 9.56. The zero-order valence-corrected chi connectivity index (χ0v) is 24.6. The Hall–Kier alpha value is -3.63. The first-order chi connectivity index (χ1) is 19.9. The van der Waals surface area contributed by atoms with E-state index in [1.165, 1.54) is 14.2 Å². The number of hydrogen-bond donors (Lipinski definition) is 1. The Morgan fingerprint density at radius 1 is 0.927 bits per heavy atom. The number of fused-ring (bicyclic) bond motifs is 1. The Morgan fingerprint density at radius 3 is 2.27 bits per heavy atom. The van der Waals surface area contributed by atoms with Crippen LogP contribution in [0.5, 0.6) is 17.2 Å². The Balaban J connectivity index is 1.33. The van der Waals surface area contributed by atoms with Crippen LogP contribution >= 0.6 is 23.2 Å². The summed E-state index contributed by atoms with van der Waals surface area (Å²) in [5, 5.41) is 4.09. The van der Waals surface area contributed by atoms with Crippen LogP contribution in [0.2, 0.25) is 10.0 Å². The number of hydrogen-bond acceptors (Lipinski definition) is 8. The van der Waals surface area contributed by atoms with Crippen LogP contribution in [0, 0.1) is 0 Å². The molecule has 41 heavy (non-hydrogen) atoms. The van der Waals surface area contributed by atoms with Crippen molar-refractivity contribution in [3.8, 4) is 28.4 Å². The maximum atomic E-state index is 12.8. The molecular weight excluding hydrogens is 565 g/mol. The molecule has 0 radical (unpaired) electrons. The molecule has 3 heterocycles. The van der Waals surface area contributed by atoms with Gasteiger partial charge in [0.05, 0.1) is 41.8 Å². The average molecular weight is 597 g/mol. The number of piperazine rings is 1. The lowest BCUT2D eigenvalue weighted by Crippen LogP contribution is -2.45. The number of ether oxygens (including phenoxy) is 3. The summed E-state index contributed by atoms with van der Waals surface area (Å²) in [5.74, 6) is 1.11. The first kappa shape index (κ1) is 28.9. The topological polar surface area (TPSA) is 89.1 Å². The molecule has 0 atom stereocenters. The van der Waals surface area contributed by atoms with E-state index in [0.29, 0.717) is 49.3 Å². The van der Waals surface area contributed by atoms with Gasteiger partial charge in [0.15, 0.2) is 5.75 Å². The van der Waals surface area contributed by atoms with E-state index < -0.39 is 6.09 Å². The van der Waals surface area contributed by atoms with E-state index in [1.54, 1.807) is 36.7 Å². The molecule has 4 aromatic rings. The van der Waals surface area contributed by atoms with E-state index in [-0.39, 0.29) is 5.75 Å². The molecule has 11 heteroatoms. The number of nitrogens with one attached hydrogen (secondary N) is 1. The molecule has 1 N–H and O–H groups in total. The highest BCUT2D eigenvalue weighted by Crippen LogP contribution is 2.48. The van der Waals surface area contributed by atoms with Crippen LogP contribution in [0.3, 0.4) is 0 Å². The predicted molar refractivity (Wildman–Crippen MR) is 162 cm³/mol. The van der Waals surface area contributed by atoms with Crippen LogP contribution in [0.15, 0.2) is 54.9 Å². The minimum Gasteiger partial charge on any atom is -0.495 e. The molecule has 5 rings (SSSR count). The molecule has 1 amide bonds. The van der Waals surface area contributed by atoms with Gasteiger partial charge in [0.25, 0.3) is 0 Å². The number of benzene rings is 2. The number of likely N-dealkylation sites (N-methyl/N-ethyl adjacent to an activating group) is 1. The molecule has 0 saturated carbocycles. The molecule has 9 nitrogen and oxygen atoms in total. The molecule has 0 spiro atoms. The van der Waals surface area contributed by atoms with Crippen LogP contribution in [-0.2, 0) is 6.54 Å². The number of rotatable bonds is 8. The van der Waals surface area contributed by atoms with Gasteiger partial charge in [-0.1, -0.05) is 36.2 Å². The van der Waals surface area contributed by atoms with Gasteiger partial charge in [0.2, 0.25) is 0 Å². The molecule has 0 unspecified atom stereocenters. The minimum absolute atomic E-state index is 0.278. The number of methoxy groups -OCH3 is 2. The fourth-order valence-electron chi connectivity index (χ4n) is 4.90. The fourth-order valence-corrected chi connectivity index (χ4v) is 5.60. The predicted octanol–water partition coefficient (Wildman–Crippen LogP) is 6.37. The second kappa shape index (κ2) is 12.9. The smallest absolute Gasteiger partial charge is 0.417 e. The van der Waals surface area contributed by atoms with E-state index in [2.05, 4.69) is 32.0 Å². The highest BCUT2D eigenvalue weighted by Gasteiger charge is 2.22. The molecule has 0 aliphatic carbocycles. The van der Waals surface area contributed by atoms with Crippen molar-refractivity contribution in [2.75, 3.05) is 52.3 Å². The fraction of sp³-hybridized carbons (Fsp3) is 0.300. The lowest BCUT2D eigenvalue weighted by atomic mass is 9.99. The summed E-state index contributed by atoms with van der Waals surface area (Å²) >= 11 is 13.4. The molecule has 1 saturated heterocycles. The normalized spacial score (nSPS) is 14.2. The number of aromatic nitrogens is 2. The van der Waals surface area contributed by atoms with Crippen LogP contribution < -0.4 is 19.5 Å². The van der Waals surface area contributed by atoms with Gasteiger partial charge in [0, 0.05) is 55.9 Å². The van der Waals surface area contributed by atoms with Crippen molar-refractivity contribution < 1.29 is 19.0 Å². The van der Waals surface area contributed by atoms with Crippen LogP contribution in [-0.4, -0.2) is 72.8 Å². The quantitative estimate of drug-likeness (QED) is 0.251. The first-order valence-corrected chi connectivity index (χ1v) is 14.0. The summed E-state index contributed by atoms with van der Waals surface area (Å²) in [6.07, 6.45) is 2.60. The molecule has 2 aromatic carbocycles. The monoisotopic (exact) mass is 595 g/mol. The third-order valence-electron chi connectivity index (χ3n) is 7.15.